The lowest BCUT2D eigenvalue weighted by Gasteiger charge is -2.17. The second-order valence-electron chi connectivity index (χ2n) is 5.15. The highest BCUT2D eigenvalue weighted by molar-refractivity contribution is 5.38. The molecule has 2 nitrogen and oxygen atoms in total. The first kappa shape index (κ1) is 15.4. The van der Waals surface area contributed by atoms with E-state index in [0.717, 1.165) is 5.56 Å². The summed E-state index contributed by atoms with van der Waals surface area (Å²) in [5, 5.41) is 0. The minimum Gasteiger partial charge on any atom is -0.434 e. The first-order chi connectivity index (χ1) is 9.97. The standard InChI is InChI=1S/C17H19F2NO/c1-11-7-8-13(9-12(11)2)10-15(20)14-5-3-4-6-16(14)21-17(18)19/h3-9,15,17H,10,20H2,1-2H3. The topological polar surface area (TPSA) is 35.2 Å². The van der Waals surface area contributed by atoms with Crippen LogP contribution in [0.1, 0.15) is 28.3 Å². The number of benzene rings is 2. The third-order valence-corrected chi connectivity index (χ3v) is 3.56. The van der Waals surface area contributed by atoms with Crippen LogP contribution in [0.3, 0.4) is 0 Å². The summed E-state index contributed by atoms with van der Waals surface area (Å²) < 4.78 is 29.4. The van der Waals surface area contributed by atoms with Gasteiger partial charge in [0.05, 0.1) is 0 Å². The SMILES string of the molecule is Cc1ccc(CC(N)c2ccccc2OC(F)F)cc1C. The molecule has 2 aromatic rings. The molecule has 0 saturated heterocycles. The largest absolute Gasteiger partial charge is 0.434 e. The highest BCUT2D eigenvalue weighted by Crippen LogP contribution is 2.27. The first-order valence-corrected chi connectivity index (χ1v) is 6.83. The number of halogens is 2. The first-order valence-electron chi connectivity index (χ1n) is 6.83. The van der Waals surface area contributed by atoms with Crippen molar-refractivity contribution >= 4 is 0 Å². The van der Waals surface area contributed by atoms with Crippen molar-refractivity contribution in [3.05, 3.63) is 64.7 Å². The van der Waals surface area contributed by atoms with E-state index in [1.807, 2.05) is 26.0 Å². The van der Waals surface area contributed by atoms with Gasteiger partial charge in [-0.25, -0.2) is 0 Å². The second-order valence-corrected chi connectivity index (χ2v) is 5.15. The van der Waals surface area contributed by atoms with E-state index in [1.54, 1.807) is 18.2 Å². The van der Waals surface area contributed by atoms with Crippen LogP contribution in [-0.4, -0.2) is 6.61 Å². The third kappa shape index (κ3) is 4.02. The Bertz CT molecular complexity index is 613. The van der Waals surface area contributed by atoms with Gasteiger partial charge in [0.25, 0.3) is 0 Å². The van der Waals surface area contributed by atoms with Crippen LogP contribution in [0.5, 0.6) is 5.75 Å². The summed E-state index contributed by atoms with van der Waals surface area (Å²) in [6, 6.07) is 12.4. The highest BCUT2D eigenvalue weighted by Gasteiger charge is 2.15. The Morgan fingerprint density at radius 2 is 1.76 bits per heavy atom. The van der Waals surface area contributed by atoms with Crippen molar-refractivity contribution < 1.29 is 13.5 Å². The summed E-state index contributed by atoms with van der Waals surface area (Å²) in [6.45, 7) is 1.24. The molecule has 0 aromatic heterocycles. The lowest BCUT2D eigenvalue weighted by atomic mass is 9.96. The molecular weight excluding hydrogens is 272 g/mol. The fraction of sp³-hybridized carbons (Fsp3) is 0.294. The molecule has 0 spiro atoms. The molecule has 0 radical (unpaired) electrons. The molecule has 2 rings (SSSR count). The van der Waals surface area contributed by atoms with Crippen LogP contribution in [-0.2, 0) is 6.42 Å². The molecule has 0 amide bonds. The number of hydrogen-bond acceptors (Lipinski definition) is 2. The summed E-state index contributed by atoms with van der Waals surface area (Å²) in [6.07, 6.45) is 0.574. The van der Waals surface area contributed by atoms with E-state index in [2.05, 4.69) is 10.8 Å². The van der Waals surface area contributed by atoms with Crippen LogP contribution in [0.4, 0.5) is 8.78 Å². The molecule has 2 aromatic carbocycles. The molecule has 4 heteroatoms. The quantitative estimate of drug-likeness (QED) is 0.898. The van der Waals surface area contributed by atoms with Crippen LogP contribution in [0, 0.1) is 13.8 Å². The Morgan fingerprint density at radius 3 is 2.43 bits per heavy atom. The maximum absolute atomic E-state index is 12.4. The highest BCUT2D eigenvalue weighted by atomic mass is 19.3. The van der Waals surface area contributed by atoms with E-state index >= 15 is 0 Å². The van der Waals surface area contributed by atoms with Gasteiger partial charge in [0.2, 0.25) is 0 Å². The molecule has 0 aliphatic heterocycles. The number of nitrogens with two attached hydrogens (primary N) is 1. The Balaban J connectivity index is 2.19. The van der Waals surface area contributed by atoms with Gasteiger partial charge in [-0.3, -0.25) is 0 Å². The second kappa shape index (κ2) is 6.68. The lowest BCUT2D eigenvalue weighted by Crippen LogP contribution is -2.16. The number of aryl methyl sites for hydroxylation is 2. The van der Waals surface area contributed by atoms with Crippen LogP contribution >= 0.6 is 0 Å². The van der Waals surface area contributed by atoms with E-state index in [-0.39, 0.29) is 11.8 Å². The van der Waals surface area contributed by atoms with Crippen molar-refractivity contribution in [3.63, 3.8) is 0 Å². The zero-order valence-electron chi connectivity index (χ0n) is 12.1. The molecule has 0 saturated carbocycles. The van der Waals surface area contributed by atoms with Crippen molar-refractivity contribution in [2.75, 3.05) is 0 Å². The Hall–Kier alpha value is -1.94. The minimum atomic E-state index is -2.85. The summed E-state index contributed by atoms with van der Waals surface area (Å²) in [5.74, 6) is 0.142. The molecule has 112 valence electrons. The van der Waals surface area contributed by atoms with Gasteiger partial charge in [0.15, 0.2) is 0 Å². The molecule has 0 fully saturated rings. The smallest absolute Gasteiger partial charge is 0.387 e. The molecule has 0 aliphatic carbocycles. The van der Waals surface area contributed by atoms with Crippen LogP contribution in [0.2, 0.25) is 0 Å². The van der Waals surface area contributed by atoms with Gasteiger partial charge in [-0.05, 0) is 43.0 Å². The van der Waals surface area contributed by atoms with E-state index < -0.39 is 6.61 Å². The maximum Gasteiger partial charge on any atom is 0.387 e. The molecule has 1 unspecified atom stereocenters. The number of rotatable bonds is 5. The predicted molar refractivity (Wildman–Crippen MR) is 79.6 cm³/mol. The third-order valence-electron chi connectivity index (χ3n) is 3.56. The van der Waals surface area contributed by atoms with Gasteiger partial charge in [-0.15, -0.1) is 0 Å². The Kier molecular flexibility index (Phi) is 4.91. The van der Waals surface area contributed by atoms with Crippen molar-refractivity contribution in [2.45, 2.75) is 32.9 Å². The fourth-order valence-electron chi connectivity index (χ4n) is 2.28. The molecule has 2 N–H and O–H groups in total. The summed E-state index contributed by atoms with van der Waals surface area (Å²) in [4.78, 5) is 0. The van der Waals surface area contributed by atoms with Gasteiger partial charge in [-0.2, -0.15) is 8.78 Å². The molecule has 0 aliphatic rings. The number of hydrogen-bond donors (Lipinski definition) is 1. The van der Waals surface area contributed by atoms with Crippen LogP contribution in [0.15, 0.2) is 42.5 Å². The lowest BCUT2D eigenvalue weighted by molar-refractivity contribution is -0.0506. The monoisotopic (exact) mass is 291 g/mol. The van der Waals surface area contributed by atoms with Gasteiger partial charge in [0, 0.05) is 11.6 Å². The average molecular weight is 291 g/mol. The van der Waals surface area contributed by atoms with Crippen molar-refractivity contribution in [1.29, 1.82) is 0 Å². The van der Waals surface area contributed by atoms with E-state index in [1.165, 1.54) is 17.2 Å². The summed E-state index contributed by atoms with van der Waals surface area (Å²) in [7, 11) is 0. The minimum absolute atomic E-state index is 0.142. The van der Waals surface area contributed by atoms with E-state index in [4.69, 9.17) is 5.73 Å². The summed E-state index contributed by atoms with van der Waals surface area (Å²) in [5.41, 5.74) is 10.2. The van der Waals surface area contributed by atoms with Gasteiger partial charge < -0.3 is 10.5 Å². The predicted octanol–water partition coefficient (Wildman–Crippen LogP) is 4.15. The number of alkyl halides is 2. The number of ether oxygens (including phenoxy) is 1. The maximum atomic E-state index is 12.4. The zero-order valence-corrected chi connectivity index (χ0v) is 12.1. The fourth-order valence-corrected chi connectivity index (χ4v) is 2.28. The molecule has 21 heavy (non-hydrogen) atoms. The average Bonchev–Trinajstić information content (AvgIpc) is 2.43. The van der Waals surface area contributed by atoms with Gasteiger partial charge in [-0.1, -0.05) is 36.4 Å². The molecule has 0 bridgehead atoms. The zero-order chi connectivity index (χ0) is 15.4. The Morgan fingerprint density at radius 1 is 1.05 bits per heavy atom. The van der Waals surface area contributed by atoms with Crippen LogP contribution < -0.4 is 10.5 Å². The van der Waals surface area contributed by atoms with Crippen molar-refractivity contribution in [2.24, 2.45) is 5.73 Å². The normalized spacial score (nSPS) is 12.5. The summed E-state index contributed by atoms with van der Waals surface area (Å²) >= 11 is 0. The molecule has 1 atom stereocenters. The molecule has 0 heterocycles. The van der Waals surface area contributed by atoms with E-state index in [9.17, 15) is 8.78 Å². The van der Waals surface area contributed by atoms with E-state index in [0.29, 0.717) is 12.0 Å². The molecular formula is C17H19F2NO. The van der Waals surface area contributed by atoms with Gasteiger partial charge in [0.1, 0.15) is 5.75 Å². The van der Waals surface area contributed by atoms with Crippen molar-refractivity contribution in [1.82, 2.24) is 0 Å². The van der Waals surface area contributed by atoms with Gasteiger partial charge >= 0.3 is 6.61 Å². The number of para-hydroxylation sites is 1. The van der Waals surface area contributed by atoms with Crippen LogP contribution in [0.25, 0.3) is 0 Å². The Labute approximate surface area is 123 Å². The van der Waals surface area contributed by atoms with Crippen molar-refractivity contribution in [3.8, 4) is 5.75 Å².